The Hall–Kier alpha value is -1.44. The van der Waals surface area contributed by atoms with E-state index in [0.29, 0.717) is 13.0 Å². The molecule has 1 amide bonds. The Balaban J connectivity index is 1.71. The van der Waals surface area contributed by atoms with Gasteiger partial charge in [-0.25, -0.2) is 4.79 Å². The maximum absolute atomic E-state index is 12.7. The molecule has 0 aromatic rings. The fourth-order valence-corrected chi connectivity index (χ4v) is 5.25. The predicted molar refractivity (Wildman–Crippen MR) is 117 cm³/mol. The summed E-state index contributed by atoms with van der Waals surface area (Å²) in [7, 11) is 1.65. The Morgan fingerprint density at radius 3 is 2.48 bits per heavy atom. The summed E-state index contributed by atoms with van der Waals surface area (Å²) in [6.45, 7) is 12.4. The zero-order valence-electron chi connectivity index (χ0n) is 20.0. The average Bonchev–Trinajstić information content (AvgIpc) is 3.62. The summed E-state index contributed by atoms with van der Waals surface area (Å²) in [6, 6.07) is -0.547. The molecule has 31 heavy (non-hydrogen) atoms. The topological polar surface area (TPSA) is 89.7 Å². The van der Waals surface area contributed by atoms with Crippen LogP contribution in [-0.4, -0.2) is 61.1 Å². The number of carbonyl (C=O) groups is 2. The van der Waals surface area contributed by atoms with Crippen molar-refractivity contribution in [2.75, 3.05) is 13.7 Å². The van der Waals surface area contributed by atoms with Gasteiger partial charge in [0.05, 0.1) is 24.7 Å². The second-order valence-electron chi connectivity index (χ2n) is 9.94. The van der Waals surface area contributed by atoms with Crippen LogP contribution in [0.4, 0.5) is 4.79 Å². The van der Waals surface area contributed by atoms with Gasteiger partial charge in [0.15, 0.2) is 5.78 Å². The van der Waals surface area contributed by atoms with Crippen molar-refractivity contribution in [3.8, 4) is 0 Å². The fourth-order valence-electron chi connectivity index (χ4n) is 5.25. The van der Waals surface area contributed by atoms with Crippen LogP contribution in [0.25, 0.3) is 0 Å². The average molecular weight is 438 g/mol. The van der Waals surface area contributed by atoms with Crippen molar-refractivity contribution in [2.24, 2.45) is 11.8 Å². The monoisotopic (exact) mass is 437 g/mol. The van der Waals surface area contributed by atoms with Crippen LogP contribution in [0.15, 0.2) is 11.6 Å². The third-order valence-electron chi connectivity index (χ3n) is 7.42. The summed E-state index contributed by atoms with van der Waals surface area (Å²) < 4.78 is 23.9. The Kier molecular flexibility index (Phi) is 7.18. The quantitative estimate of drug-likeness (QED) is 0.436. The van der Waals surface area contributed by atoms with Gasteiger partial charge in [-0.1, -0.05) is 31.9 Å². The number of Topliss-reactive ketones (excluding diaryl/α,β-unsaturated/α-hetero) is 1. The molecule has 0 bridgehead atoms. The van der Waals surface area contributed by atoms with Gasteiger partial charge in [-0.3, -0.25) is 4.79 Å². The standard InChI is InChI=1S/C24H39NO6/c1-8-15(4)19(16(5)26)25-22(27)30-17-11-12-24(13-29-24)21(20(17)28-7)23(6)18(31-23)10-9-14(2)3/h9,15,17-21H,8,10-13H2,1-7H3,(H,25,27). The summed E-state index contributed by atoms with van der Waals surface area (Å²) in [5, 5.41) is 2.77. The molecule has 3 rings (SSSR count). The first kappa shape index (κ1) is 24.2. The number of rotatable bonds is 9. The molecular formula is C24H39NO6. The lowest BCUT2D eigenvalue weighted by Crippen LogP contribution is -2.56. The normalized spacial score (nSPS) is 38.2. The van der Waals surface area contributed by atoms with Gasteiger partial charge in [0.25, 0.3) is 0 Å². The van der Waals surface area contributed by atoms with Gasteiger partial charge >= 0.3 is 6.09 Å². The van der Waals surface area contributed by atoms with Gasteiger partial charge in [-0.2, -0.15) is 0 Å². The van der Waals surface area contributed by atoms with E-state index >= 15 is 0 Å². The minimum Gasteiger partial charge on any atom is -0.443 e. The number of nitrogens with one attached hydrogen (secondary N) is 1. The number of ether oxygens (including phenoxy) is 4. The number of hydrogen-bond acceptors (Lipinski definition) is 6. The lowest BCUT2D eigenvalue weighted by atomic mass is 9.68. The molecule has 8 atom stereocenters. The summed E-state index contributed by atoms with van der Waals surface area (Å²) in [5.74, 6) is -0.0483. The molecule has 7 heteroatoms. The minimum absolute atomic E-state index is 0.0229. The van der Waals surface area contributed by atoms with Crippen LogP contribution < -0.4 is 5.32 Å². The number of epoxide rings is 2. The maximum Gasteiger partial charge on any atom is 0.408 e. The molecular weight excluding hydrogens is 398 g/mol. The number of alkyl carbamates (subject to hydrolysis) is 1. The van der Waals surface area contributed by atoms with E-state index in [1.165, 1.54) is 12.5 Å². The fraction of sp³-hybridized carbons (Fsp3) is 0.833. The van der Waals surface area contributed by atoms with E-state index < -0.39 is 18.2 Å². The van der Waals surface area contributed by atoms with Crippen molar-refractivity contribution < 1.29 is 28.5 Å². The molecule has 0 aromatic heterocycles. The lowest BCUT2D eigenvalue weighted by Gasteiger charge is -2.42. The molecule has 0 aromatic carbocycles. The number of ketones is 1. The second-order valence-corrected chi connectivity index (χ2v) is 9.94. The molecule has 1 aliphatic carbocycles. The van der Waals surface area contributed by atoms with Crippen LogP contribution in [0.5, 0.6) is 0 Å². The van der Waals surface area contributed by atoms with Crippen molar-refractivity contribution >= 4 is 11.9 Å². The van der Waals surface area contributed by atoms with Crippen LogP contribution in [0.2, 0.25) is 0 Å². The van der Waals surface area contributed by atoms with E-state index in [1.807, 2.05) is 13.8 Å². The molecule has 2 saturated heterocycles. The largest absolute Gasteiger partial charge is 0.443 e. The number of carbonyl (C=O) groups excluding carboxylic acids is 2. The lowest BCUT2D eigenvalue weighted by molar-refractivity contribution is -0.122. The third-order valence-corrected chi connectivity index (χ3v) is 7.42. The van der Waals surface area contributed by atoms with E-state index in [-0.39, 0.29) is 41.0 Å². The first-order valence-corrected chi connectivity index (χ1v) is 11.5. The highest BCUT2D eigenvalue weighted by Crippen LogP contribution is 2.59. The van der Waals surface area contributed by atoms with E-state index in [4.69, 9.17) is 18.9 Å². The van der Waals surface area contributed by atoms with Gasteiger partial charge in [-0.05, 0) is 52.9 Å². The third kappa shape index (κ3) is 4.99. The zero-order chi connectivity index (χ0) is 23.0. The SMILES string of the molecule is CCC(C)C(NC(=O)OC1CCC2(CO2)C(C2(C)OC2CC=C(C)C)C1OC)C(C)=O. The molecule has 1 spiro atoms. The molecule has 0 radical (unpaired) electrons. The van der Waals surface area contributed by atoms with Gasteiger partial charge in [0.2, 0.25) is 0 Å². The highest BCUT2D eigenvalue weighted by atomic mass is 16.6. The van der Waals surface area contributed by atoms with Gasteiger partial charge in [0.1, 0.15) is 23.4 Å². The number of amides is 1. The molecule has 8 unspecified atom stereocenters. The summed E-state index contributed by atoms with van der Waals surface area (Å²) in [4.78, 5) is 24.7. The number of hydrogen-bond donors (Lipinski definition) is 1. The van der Waals surface area contributed by atoms with E-state index in [0.717, 1.165) is 19.3 Å². The highest BCUT2D eigenvalue weighted by molar-refractivity contribution is 5.85. The van der Waals surface area contributed by atoms with Gasteiger partial charge in [-0.15, -0.1) is 0 Å². The Morgan fingerprint density at radius 2 is 1.97 bits per heavy atom. The van der Waals surface area contributed by atoms with Crippen LogP contribution in [0, 0.1) is 11.8 Å². The highest BCUT2D eigenvalue weighted by Gasteiger charge is 2.72. The molecule has 3 aliphatic rings. The Labute approximate surface area is 186 Å². The van der Waals surface area contributed by atoms with Crippen molar-refractivity contribution in [3.63, 3.8) is 0 Å². The zero-order valence-corrected chi connectivity index (χ0v) is 20.0. The predicted octanol–water partition coefficient (Wildman–Crippen LogP) is 3.79. The Bertz CT molecular complexity index is 713. The maximum atomic E-state index is 12.7. The first-order chi connectivity index (χ1) is 14.6. The minimum atomic E-state index is -0.568. The molecule has 1 N–H and O–H groups in total. The van der Waals surface area contributed by atoms with E-state index in [2.05, 4.69) is 32.2 Å². The van der Waals surface area contributed by atoms with Gasteiger partial charge < -0.3 is 24.3 Å². The summed E-state index contributed by atoms with van der Waals surface area (Å²) in [5.41, 5.74) is 0.631. The Morgan fingerprint density at radius 1 is 1.29 bits per heavy atom. The second kappa shape index (κ2) is 9.20. The van der Waals surface area contributed by atoms with Crippen LogP contribution in [0.3, 0.4) is 0 Å². The summed E-state index contributed by atoms with van der Waals surface area (Å²) >= 11 is 0. The molecule has 1 saturated carbocycles. The van der Waals surface area contributed by atoms with Crippen LogP contribution in [-0.2, 0) is 23.7 Å². The molecule has 7 nitrogen and oxygen atoms in total. The first-order valence-electron chi connectivity index (χ1n) is 11.5. The molecule has 176 valence electrons. The van der Waals surface area contributed by atoms with E-state index in [9.17, 15) is 9.59 Å². The summed E-state index contributed by atoms with van der Waals surface area (Å²) in [6.07, 6.45) is 4.08. The molecule has 2 heterocycles. The molecule has 3 fully saturated rings. The van der Waals surface area contributed by atoms with Gasteiger partial charge in [0, 0.05) is 7.11 Å². The van der Waals surface area contributed by atoms with E-state index in [1.54, 1.807) is 7.11 Å². The van der Waals surface area contributed by atoms with Crippen LogP contribution in [0.1, 0.15) is 67.2 Å². The number of allylic oxidation sites excluding steroid dienone is 1. The van der Waals surface area contributed by atoms with Crippen molar-refractivity contribution in [3.05, 3.63) is 11.6 Å². The van der Waals surface area contributed by atoms with Crippen LogP contribution >= 0.6 is 0 Å². The smallest absolute Gasteiger partial charge is 0.408 e. The van der Waals surface area contributed by atoms with Crippen molar-refractivity contribution in [1.29, 1.82) is 0 Å². The number of methoxy groups -OCH3 is 1. The van der Waals surface area contributed by atoms with Crippen molar-refractivity contribution in [2.45, 2.75) is 103 Å². The molecule has 2 aliphatic heterocycles. The van der Waals surface area contributed by atoms with Crippen molar-refractivity contribution in [1.82, 2.24) is 5.32 Å².